The van der Waals surface area contributed by atoms with Crippen LogP contribution in [0.2, 0.25) is 0 Å². The molecule has 2 heterocycles. The Balaban J connectivity index is -0.0000000544. The zero-order valence-corrected chi connectivity index (χ0v) is 15.7. The second-order valence-electron chi connectivity index (χ2n) is 3.17. The Hall–Kier alpha value is 0.203. The van der Waals surface area contributed by atoms with Crippen molar-refractivity contribution in [1.82, 2.24) is 19.1 Å². The number of imidazole rings is 2. The van der Waals surface area contributed by atoms with Crippen LogP contribution in [0.25, 0.3) is 0 Å². The molecule has 0 amide bonds. The minimum atomic E-state index is 0. The Labute approximate surface area is 152 Å². The van der Waals surface area contributed by atoms with E-state index in [1.165, 1.54) is 0 Å². The monoisotopic (exact) mass is 434 g/mol. The Morgan fingerprint density at radius 1 is 0.737 bits per heavy atom. The summed E-state index contributed by atoms with van der Waals surface area (Å²) in [6, 6.07) is 0. The normalized spacial score (nSPS) is 6.95. The number of aromatic nitrogens is 4. The van der Waals surface area contributed by atoms with Crippen LogP contribution in [0.4, 0.5) is 0 Å². The van der Waals surface area contributed by atoms with Crippen molar-refractivity contribution in [2.45, 2.75) is 13.8 Å². The second-order valence-corrected chi connectivity index (χ2v) is 3.17. The molecule has 0 spiro atoms. The van der Waals surface area contributed by atoms with E-state index in [0.29, 0.717) is 0 Å². The van der Waals surface area contributed by atoms with E-state index in [0.717, 1.165) is 11.6 Å². The number of halogens is 4. The van der Waals surface area contributed by atoms with Gasteiger partial charge in [-0.15, -0.1) is 0 Å². The number of rotatable bonds is 0. The van der Waals surface area contributed by atoms with Crippen molar-refractivity contribution >= 4 is 0 Å². The van der Waals surface area contributed by atoms with Gasteiger partial charge in [0.15, 0.2) is 0 Å². The maximum Gasteiger partial charge on any atom is 3.00 e. The maximum atomic E-state index is 3.98. The van der Waals surface area contributed by atoms with Crippen LogP contribution in [0.3, 0.4) is 0 Å². The summed E-state index contributed by atoms with van der Waals surface area (Å²) in [7, 11) is 3.95. The fourth-order valence-corrected chi connectivity index (χ4v) is 0.880. The predicted molar refractivity (Wildman–Crippen MR) is 55.9 cm³/mol. The van der Waals surface area contributed by atoms with Crippen molar-refractivity contribution in [1.29, 1.82) is 0 Å². The van der Waals surface area contributed by atoms with Crippen molar-refractivity contribution < 1.29 is 69.1 Å². The van der Waals surface area contributed by atoms with Gasteiger partial charge >= 0.3 is 19.5 Å². The van der Waals surface area contributed by atoms with E-state index < -0.39 is 0 Å². The Kier molecular flexibility index (Phi) is 27.0. The average molecular weight is 435 g/mol. The summed E-state index contributed by atoms with van der Waals surface area (Å²) in [5, 5.41) is 0. The molecule has 0 aliphatic carbocycles. The van der Waals surface area contributed by atoms with Crippen molar-refractivity contribution in [3.8, 4) is 0 Å². The first-order valence-corrected chi connectivity index (χ1v) is 4.49. The minimum absolute atomic E-state index is 0. The predicted octanol–water partition coefficient (Wildman–Crippen LogP) is -10.5. The van der Waals surface area contributed by atoms with Crippen LogP contribution < -0.4 is 49.6 Å². The molecule has 0 atom stereocenters. The summed E-state index contributed by atoms with van der Waals surface area (Å²) in [4.78, 5) is 7.96. The molecule has 2 aromatic heterocycles. The van der Waals surface area contributed by atoms with E-state index in [4.69, 9.17) is 0 Å². The van der Waals surface area contributed by atoms with Crippen molar-refractivity contribution in [2.75, 3.05) is 0 Å². The third-order valence-electron chi connectivity index (χ3n) is 2.12. The largest absolute Gasteiger partial charge is 3.00 e. The summed E-state index contributed by atoms with van der Waals surface area (Å²) in [6.07, 6.45) is 7.43. The van der Waals surface area contributed by atoms with Gasteiger partial charge in [0.1, 0.15) is 11.6 Å². The van der Waals surface area contributed by atoms with Crippen molar-refractivity contribution in [2.24, 2.45) is 14.1 Å². The van der Waals surface area contributed by atoms with Gasteiger partial charge in [-0.25, -0.2) is 9.97 Å². The van der Waals surface area contributed by atoms with Crippen LogP contribution in [0.15, 0.2) is 24.8 Å². The molecule has 0 aromatic carbocycles. The number of hydrogen-bond donors (Lipinski definition) is 0. The van der Waals surface area contributed by atoms with Crippen molar-refractivity contribution in [3.63, 3.8) is 0 Å². The molecule has 0 aliphatic rings. The van der Waals surface area contributed by atoms with Gasteiger partial charge < -0.3 is 58.8 Å². The van der Waals surface area contributed by atoms with Gasteiger partial charge in [0.05, 0.1) is 0 Å². The van der Waals surface area contributed by atoms with E-state index in [-0.39, 0.29) is 69.1 Å². The van der Waals surface area contributed by atoms with Crippen LogP contribution in [-0.4, -0.2) is 19.1 Å². The molecule has 2 rings (SSSR count). The molecule has 0 N–H and O–H groups in total. The van der Waals surface area contributed by atoms with Gasteiger partial charge in [0.2, 0.25) is 0 Å². The van der Waals surface area contributed by atoms with Gasteiger partial charge in [-0.3, -0.25) is 0 Å². The van der Waals surface area contributed by atoms with Crippen LogP contribution in [-0.2, 0) is 33.6 Å². The summed E-state index contributed by atoms with van der Waals surface area (Å²) in [5.41, 5.74) is 0. The van der Waals surface area contributed by atoms with E-state index in [2.05, 4.69) is 9.97 Å². The molecule has 0 bridgehead atoms. The smallest absolute Gasteiger partial charge is 1.00 e. The molecule has 4 nitrogen and oxygen atoms in total. The maximum absolute atomic E-state index is 3.98. The van der Waals surface area contributed by atoms with E-state index >= 15 is 0 Å². The molecule has 0 fully saturated rings. The fourth-order valence-electron chi connectivity index (χ4n) is 0.880. The molecular formula is C10H16Cl4N4Ru-. The molecule has 19 heavy (non-hydrogen) atoms. The van der Waals surface area contributed by atoms with E-state index in [1.807, 2.05) is 49.5 Å². The van der Waals surface area contributed by atoms with Crippen LogP contribution >= 0.6 is 0 Å². The third-order valence-corrected chi connectivity index (χ3v) is 2.12. The number of aryl methyl sites for hydroxylation is 4. The summed E-state index contributed by atoms with van der Waals surface area (Å²) >= 11 is 0. The molecule has 2 aromatic rings. The Morgan fingerprint density at radius 2 is 1.00 bits per heavy atom. The first-order chi connectivity index (χ1) is 6.61. The molecule has 113 valence electrons. The van der Waals surface area contributed by atoms with Gasteiger partial charge in [-0.05, 0) is 13.8 Å². The van der Waals surface area contributed by atoms with Gasteiger partial charge in [0, 0.05) is 38.9 Å². The summed E-state index contributed by atoms with van der Waals surface area (Å²) in [5.74, 6) is 2.11. The molecule has 9 heteroatoms. The Morgan fingerprint density at radius 3 is 1.05 bits per heavy atom. The molecule has 0 saturated carbocycles. The molecule has 1 radical (unpaired) electrons. The molecule has 0 aliphatic heterocycles. The number of hydrogen-bond acceptors (Lipinski definition) is 2. The van der Waals surface area contributed by atoms with Crippen LogP contribution in [0.1, 0.15) is 11.6 Å². The van der Waals surface area contributed by atoms with Crippen LogP contribution in [0, 0.1) is 13.8 Å². The topological polar surface area (TPSA) is 35.6 Å². The van der Waals surface area contributed by atoms with E-state index in [9.17, 15) is 0 Å². The standard InChI is InChI=1S/2C5H8N2.4ClH.Ru/c2*1-5-6-3-4-7(5)2;;;;;/h2*3-4H,1-2H3;4*1H;/q;;;;;;+3/p-4. The zero-order valence-electron chi connectivity index (χ0n) is 11.0. The number of nitrogens with zero attached hydrogens (tertiary/aromatic N) is 4. The second kappa shape index (κ2) is 16.3. The van der Waals surface area contributed by atoms with Gasteiger partial charge in [0.25, 0.3) is 0 Å². The molecule has 0 unspecified atom stereocenters. The van der Waals surface area contributed by atoms with Gasteiger partial charge in [-0.2, -0.15) is 0 Å². The SMILES string of the molecule is Cc1nccn1C.Cc1nccn1C.[Cl-].[Cl-].[Cl-].[Cl-].[Ru+3]. The first kappa shape index (κ1) is 31.5. The average Bonchev–Trinajstić information content (AvgIpc) is 2.67. The quantitative estimate of drug-likeness (QED) is 0.386. The van der Waals surface area contributed by atoms with Crippen molar-refractivity contribution in [3.05, 3.63) is 36.4 Å². The Bertz CT molecular complexity index is 334. The van der Waals surface area contributed by atoms with Crippen LogP contribution in [0.5, 0.6) is 0 Å². The zero-order chi connectivity index (χ0) is 10.6. The van der Waals surface area contributed by atoms with E-state index in [1.54, 1.807) is 12.4 Å². The molecule has 0 saturated heterocycles. The minimum Gasteiger partial charge on any atom is -1.00 e. The summed E-state index contributed by atoms with van der Waals surface area (Å²) < 4.78 is 3.94. The summed E-state index contributed by atoms with van der Waals surface area (Å²) in [6.45, 7) is 3.94. The van der Waals surface area contributed by atoms with Gasteiger partial charge in [-0.1, -0.05) is 0 Å². The third kappa shape index (κ3) is 11.7. The first-order valence-electron chi connectivity index (χ1n) is 4.49. The molecular weight excluding hydrogens is 419 g/mol. The fraction of sp³-hybridized carbons (Fsp3) is 0.400.